The van der Waals surface area contributed by atoms with Crippen LogP contribution in [0.5, 0.6) is 0 Å². The van der Waals surface area contributed by atoms with E-state index < -0.39 is 62.0 Å². The lowest BCUT2D eigenvalue weighted by molar-refractivity contribution is -0.113. The third kappa shape index (κ3) is 14.8. The summed E-state index contributed by atoms with van der Waals surface area (Å²) in [7, 11) is 0. The molecular formula is C22H48N2O10. The number of aliphatic hydroxyl groups is 10. The van der Waals surface area contributed by atoms with Crippen LogP contribution < -0.4 is 10.6 Å². The molecule has 12 N–H and O–H groups in total. The Morgan fingerprint density at radius 2 is 0.647 bits per heavy atom. The highest BCUT2D eigenvalue weighted by Crippen LogP contribution is 2.09. The van der Waals surface area contributed by atoms with Crippen molar-refractivity contribution >= 4 is 0 Å². The summed E-state index contributed by atoms with van der Waals surface area (Å²) >= 11 is 0. The van der Waals surface area contributed by atoms with Gasteiger partial charge in [-0.1, -0.05) is 38.5 Å². The number of nitrogens with one attached hydrogen (secondary N) is 2. The van der Waals surface area contributed by atoms with Gasteiger partial charge in [0.2, 0.25) is 0 Å². The van der Waals surface area contributed by atoms with Gasteiger partial charge in [0.1, 0.15) is 36.6 Å². The van der Waals surface area contributed by atoms with E-state index in [9.17, 15) is 40.9 Å². The first-order valence-corrected chi connectivity index (χ1v) is 12.2. The third-order valence-corrected chi connectivity index (χ3v) is 5.81. The second-order valence-corrected chi connectivity index (χ2v) is 8.83. The minimum Gasteiger partial charge on any atom is -0.394 e. The molecule has 0 unspecified atom stereocenters. The van der Waals surface area contributed by atoms with E-state index in [1.807, 2.05) is 0 Å². The van der Waals surface area contributed by atoms with Crippen LogP contribution in [0.2, 0.25) is 0 Å². The molecule has 0 saturated carbocycles. The summed E-state index contributed by atoms with van der Waals surface area (Å²) in [6.45, 7) is 0.0667. The van der Waals surface area contributed by atoms with Crippen molar-refractivity contribution in [3.8, 4) is 0 Å². The second kappa shape index (κ2) is 20.7. The van der Waals surface area contributed by atoms with E-state index in [0.717, 1.165) is 51.4 Å². The smallest absolute Gasteiger partial charge is 0.111 e. The number of hydrogen-bond acceptors (Lipinski definition) is 12. The number of aliphatic hydroxyl groups excluding tert-OH is 10. The molecule has 0 bridgehead atoms. The van der Waals surface area contributed by atoms with Crippen molar-refractivity contribution in [3.05, 3.63) is 0 Å². The average molecular weight is 501 g/mol. The Hall–Kier alpha value is -0.480. The molecule has 0 saturated heterocycles. The van der Waals surface area contributed by atoms with Gasteiger partial charge in [0.15, 0.2) is 0 Å². The summed E-state index contributed by atoms with van der Waals surface area (Å²) in [5.74, 6) is 0. The molecule has 206 valence electrons. The highest BCUT2D eigenvalue weighted by molar-refractivity contribution is 4.82. The molecule has 0 aliphatic rings. The topological polar surface area (TPSA) is 226 Å². The Labute approximate surface area is 201 Å². The molecule has 12 heteroatoms. The van der Waals surface area contributed by atoms with Gasteiger partial charge in [-0.2, -0.15) is 0 Å². The van der Waals surface area contributed by atoms with Crippen molar-refractivity contribution in [3.63, 3.8) is 0 Å². The largest absolute Gasteiger partial charge is 0.394 e. The van der Waals surface area contributed by atoms with Gasteiger partial charge in [0.05, 0.1) is 25.4 Å². The van der Waals surface area contributed by atoms with E-state index in [4.69, 9.17) is 10.2 Å². The zero-order chi connectivity index (χ0) is 25.9. The summed E-state index contributed by atoms with van der Waals surface area (Å²) in [6, 6.07) is 0. The third-order valence-electron chi connectivity index (χ3n) is 5.81. The van der Waals surface area contributed by atoms with E-state index in [1.165, 1.54) is 0 Å². The monoisotopic (exact) mass is 500 g/mol. The molecule has 0 aliphatic carbocycles. The molecule has 8 atom stereocenters. The van der Waals surface area contributed by atoms with Crippen LogP contribution in [0, 0.1) is 0 Å². The standard InChI is InChI=1S/C22H48N2O10/c25-13-17(29)21(33)19(31)15(27)11-23-9-7-5-3-1-2-4-6-8-10-24-12-16(28)20(32)22(34)18(30)14-26/h15-34H,1-14H2/t15-,16-,17+,18+,19+,20+,21+,22+/m0/s1. The Morgan fingerprint density at radius 3 is 0.941 bits per heavy atom. The van der Waals surface area contributed by atoms with Gasteiger partial charge in [-0.25, -0.2) is 0 Å². The summed E-state index contributed by atoms with van der Waals surface area (Å²) in [5, 5.41) is 100. The van der Waals surface area contributed by atoms with Crippen molar-refractivity contribution in [2.24, 2.45) is 0 Å². The fourth-order valence-corrected chi connectivity index (χ4v) is 3.43. The summed E-state index contributed by atoms with van der Waals surface area (Å²) in [4.78, 5) is 0. The molecule has 34 heavy (non-hydrogen) atoms. The van der Waals surface area contributed by atoms with Crippen LogP contribution in [-0.2, 0) is 0 Å². The number of rotatable bonds is 23. The van der Waals surface area contributed by atoms with Gasteiger partial charge in [-0.3, -0.25) is 0 Å². The van der Waals surface area contributed by atoms with Crippen molar-refractivity contribution < 1.29 is 51.1 Å². The number of hydrogen-bond donors (Lipinski definition) is 12. The molecule has 0 spiro atoms. The Bertz CT molecular complexity index is 425. The van der Waals surface area contributed by atoms with Crippen molar-refractivity contribution in [1.29, 1.82) is 0 Å². The summed E-state index contributed by atoms with van der Waals surface area (Å²) in [6.07, 6.45) is -3.54. The first-order valence-electron chi connectivity index (χ1n) is 12.2. The maximum absolute atomic E-state index is 9.79. The van der Waals surface area contributed by atoms with Gasteiger partial charge in [0.25, 0.3) is 0 Å². The predicted molar refractivity (Wildman–Crippen MR) is 125 cm³/mol. The molecule has 0 fully saturated rings. The van der Waals surface area contributed by atoms with Crippen LogP contribution in [0.15, 0.2) is 0 Å². The fraction of sp³-hybridized carbons (Fsp3) is 1.00. The highest BCUT2D eigenvalue weighted by atomic mass is 16.4. The zero-order valence-corrected chi connectivity index (χ0v) is 20.0. The van der Waals surface area contributed by atoms with Gasteiger partial charge in [-0.05, 0) is 25.9 Å². The van der Waals surface area contributed by atoms with Crippen molar-refractivity contribution in [2.75, 3.05) is 39.4 Å². The van der Waals surface area contributed by atoms with Crippen LogP contribution in [0.3, 0.4) is 0 Å². The lowest BCUT2D eigenvalue weighted by Crippen LogP contribution is -2.49. The predicted octanol–water partition coefficient (Wildman–Crippen LogP) is -3.84. The van der Waals surface area contributed by atoms with E-state index in [1.54, 1.807) is 0 Å². The lowest BCUT2D eigenvalue weighted by Gasteiger charge is -2.25. The Balaban J connectivity index is 3.53. The molecule has 0 heterocycles. The molecule has 0 radical (unpaired) electrons. The van der Waals surface area contributed by atoms with Gasteiger partial charge in [-0.15, -0.1) is 0 Å². The first-order chi connectivity index (χ1) is 16.2. The van der Waals surface area contributed by atoms with Gasteiger partial charge >= 0.3 is 0 Å². The van der Waals surface area contributed by atoms with Gasteiger partial charge in [0, 0.05) is 13.1 Å². The van der Waals surface area contributed by atoms with E-state index in [-0.39, 0.29) is 13.1 Å². The molecule has 0 aromatic heterocycles. The van der Waals surface area contributed by atoms with Crippen LogP contribution in [-0.4, -0.2) is 139 Å². The molecule has 0 aromatic rings. The molecule has 0 aliphatic heterocycles. The van der Waals surface area contributed by atoms with Gasteiger partial charge < -0.3 is 61.7 Å². The minimum absolute atomic E-state index is 0.0750. The fourth-order valence-electron chi connectivity index (χ4n) is 3.43. The maximum Gasteiger partial charge on any atom is 0.111 e. The first kappa shape index (κ1) is 33.5. The molecule has 12 nitrogen and oxygen atoms in total. The zero-order valence-electron chi connectivity index (χ0n) is 20.0. The SMILES string of the molecule is OC[C@@H](O)[C@@H](O)[C@H](O)[C@@H](O)CNCCCCCCCCCCNC[C@H](O)[C@@H](O)[C@H](O)[C@H](O)CO. The Kier molecular flexibility index (Phi) is 20.4. The molecule has 0 amide bonds. The highest BCUT2D eigenvalue weighted by Gasteiger charge is 2.30. The van der Waals surface area contributed by atoms with Crippen LogP contribution in [0.25, 0.3) is 0 Å². The average Bonchev–Trinajstić information content (AvgIpc) is 2.85. The number of unbranched alkanes of at least 4 members (excludes halogenated alkanes) is 7. The summed E-state index contributed by atoms with van der Waals surface area (Å²) < 4.78 is 0. The van der Waals surface area contributed by atoms with E-state index in [0.29, 0.717) is 13.1 Å². The van der Waals surface area contributed by atoms with Crippen LogP contribution in [0.4, 0.5) is 0 Å². The summed E-state index contributed by atoms with van der Waals surface area (Å²) in [5.41, 5.74) is 0. The van der Waals surface area contributed by atoms with Crippen LogP contribution >= 0.6 is 0 Å². The lowest BCUT2D eigenvalue weighted by atomic mass is 10.0. The van der Waals surface area contributed by atoms with E-state index >= 15 is 0 Å². The molecule has 0 aromatic carbocycles. The van der Waals surface area contributed by atoms with Crippen molar-refractivity contribution in [1.82, 2.24) is 10.6 Å². The molecule has 0 rings (SSSR count). The normalized spacial score (nSPS) is 19.2. The maximum atomic E-state index is 9.79. The Morgan fingerprint density at radius 1 is 0.382 bits per heavy atom. The molecular weight excluding hydrogens is 452 g/mol. The van der Waals surface area contributed by atoms with Crippen molar-refractivity contribution in [2.45, 2.75) is 100 Å². The quantitative estimate of drug-likeness (QED) is 0.0606. The second-order valence-electron chi connectivity index (χ2n) is 8.83. The minimum atomic E-state index is -1.61. The van der Waals surface area contributed by atoms with E-state index in [2.05, 4.69) is 10.6 Å². The van der Waals surface area contributed by atoms with Crippen LogP contribution in [0.1, 0.15) is 51.4 Å².